The van der Waals surface area contributed by atoms with Crippen LogP contribution in [-0.2, 0) is 10.0 Å². The molecule has 0 bridgehead atoms. The lowest BCUT2D eigenvalue weighted by Gasteiger charge is -2.12. The van der Waals surface area contributed by atoms with Crippen LogP contribution in [0, 0.1) is 0 Å². The third-order valence-electron chi connectivity index (χ3n) is 2.20. The summed E-state index contributed by atoms with van der Waals surface area (Å²) in [5.74, 6) is 0. The zero-order valence-corrected chi connectivity index (χ0v) is 9.44. The van der Waals surface area contributed by atoms with E-state index in [0.29, 0.717) is 6.42 Å². The van der Waals surface area contributed by atoms with Crippen molar-refractivity contribution in [2.24, 2.45) is 5.14 Å². The van der Waals surface area contributed by atoms with E-state index in [-0.39, 0.29) is 5.25 Å². The molecule has 0 amide bonds. The summed E-state index contributed by atoms with van der Waals surface area (Å²) < 4.78 is 22.2. The van der Waals surface area contributed by atoms with E-state index in [0.717, 1.165) is 32.1 Å². The summed E-state index contributed by atoms with van der Waals surface area (Å²) in [4.78, 5) is 0. The molecule has 0 saturated heterocycles. The van der Waals surface area contributed by atoms with E-state index in [1.165, 1.54) is 0 Å². The Morgan fingerprint density at radius 2 is 1.69 bits per heavy atom. The standard InChI is InChI=1S/C9H21NO2S/c1-3-5-6-8-9(7-4-2)13(10,11)12/h9H,3-8H2,1-2H3,(H2,10,11,12). The molecule has 1 atom stereocenters. The minimum absolute atomic E-state index is 0.316. The van der Waals surface area contributed by atoms with Crippen molar-refractivity contribution < 1.29 is 8.42 Å². The molecule has 0 aliphatic rings. The first-order valence-corrected chi connectivity index (χ1v) is 6.64. The summed E-state index contributed by atoms with van der Waals surface area (Å²) in [6.07, 6.45) is 5.48. The number of rotatable bonds is 7. The van der Waals surface area contributed by atoms with Gasteiger partial charge in [0.1, 0.15) is 0 Å². The molecule has 0 aliphatic carbocycles. The van der Waals surface area contributed by atoms with Gasteiger partial charge in [-0.25, -0.2) is 13.6 Å². The molecule has 13 heavy (non-hydrogen) atoms. The summed E-state index contributed by atoms with van der Waals surface area (Å²) in [6.45, 7) is 4.09. The Balaban J connectivity index is 3.96. The summed E-state index contributed by atoms with van der Waals surface area (Å²) in [7, 11) is -3.31. The molecular weight excluding hydrogens is 186 g/mol. The van der Waals surface area contributed by atoms with Crippen molar-refractivity contribution in [2.75, 3.05) is 0 Å². The maximum atomic E-state index is 11.1. The van der Waals surface area contributed by atoms with Crippen LogP contribution in [0.5, 0.6) is 0 Å². The number of hydrogen-bond acceptors (Lipinski definition) is 2. The largest absolute Gasteiger partial charge is 0.228 e. The Morgan fingerprint density at radius 3 is 2.08 bits per heavy atom. The Morgan fingerprint density at radius 1 is 1.08 bits per heavy atom. The monoisotopic (exact) mass is 207 g/mol. The summed E-state index contributed by atoms with van der Waals surface area (Å²) in [6, 6.07) is 0. The van der Waals surface area contributed by atoms with Crippen molar-refractivity contribution in [1.82, 2.24) is 0 Å². The van der Waals surface area contributed by atoms with Crippen molar-refractivity contribution in [2.45, 2.75) is 57.6 Å². The van der Waals surface area contributed by atoms with E-state index in [1.807, 2.05) is 6.92 Å². The molecule has 1 unspecified atom stereocenters. The van der Waals surface area contributed by atoms with Crippen LogP contribution in [0.4, 0.5) is 0 Å². The predicted molar refractivity (Wildman–Crippen MR) is 55.9 cm³/mol. The SMILES string of the molecule is CCCCCC(CCC)S(N)(=O)=O. The van der Waals surface area contributed by atoms with E-state index in [9.17, 15) is 8.42 Å². The van der Waals surface area contributed by atoms with E-state index in [2.05, 4.69) is 6.92 Å². The molecule has 0 fully saturated rings. The number of unbranched alkanes of at least 4 members (excludes halogenated alkanes) is 2. The number of hydrogen-bond donors (Lipinski definition) is 1. The first-order valence-electron chi connectivity index (χ1n) is 5.04. The fourth-order valence-electron chi connectivity index (χ4n) is 1.42. The van der Waals surface area contributed by atoms with Crippen molar-refractivity contribution in [3.63, 3.8) is 0 Å². The molecule has 4 heteroatoms. The summed E-state index contributed by atoms with van der Waals surface area (Å²) in [5, 5.41) is 4.80. The molecular formula is C9H21NO2S. The molecule has 2 N–H and O–H groups in total. The van der Waals surface area contributed by atoms with E-state index < -0.39 is 10.0 Å². The molecule has 0 rings (SSSR count). The summed E-state index contributed by atoms with van der Waals surface area (Å²) >= 11 is 0. The second-order valence-electron chi connectivity index (χ2n) is 3.50. The van der Waals surface area contributed by atoms with E-state index >= 15 is 0 Å². The van der Waals surface area contributed by atoms with Crippen molar-refractivity contribution in [3.8, 4) is 0 Å². The van der Waals surface area contributed by atoms with Gasteiger partial charge in [0.25, 0.3) is 0 Å². The lowest BCUT2D eigenvalue weighted by molar-refractivity contribution is 0.543. The molecule has 0 aromatic carbocycles. The van der Waals surface area contributed by atoms with Gasteiger partial charge in [-0.05, 0) is 12.8 Å². The van der Waals surface area contributed by atoms with Gasteiger partial charge in [0, 0.05) is 0 Å². The maximum Gasteiger partial charge on any atom is 0.211 e. The van der Waals surface area contributed by atoms with Crippen LogP contribution < -0.4 is 5.14 Å². The van der Waals surface area contributed by atoms with Gasteiger partial charge in [0.2, 0.25) is 10.0 Å². The van der Waals surface area contributed by atoms with Gasteiger partial charge in [-0.2, -0.15) is 0 Å². The fourth-order valence-corrected chi connectivity index (χ4v) is 2.48. The number of primary sulfonamides is 1. The molecule has 0 saturated carbocycles. The highest BCUT2D eigenvalue weighted by Gasteiger charge is 2.19. The molecule has 0 aliphatic heterocycles. The topological polar surface area (TPSA) is 60.2 Å². The molecule has 3 nitrogen and oxygen atoms in total. The van der Waals surface area contributed by atoms with Gasteiger partial charge in [0.15, 0.2) is 0 Å². The molecule has 0 aromatic rings. The highest BCUT2D eigenvalue weighted by molar-refractivity contribution is 7.89. The lowest BCUT2D eigenvalue weighted by Crippen LogP contribution is -2.28. The van der Waals surface area contributed by atoms with Crippen LogP contribution in [0.25, 0.3) is 0 Å². The summed E-state index contributed by atoms with van der Waals surface area (Å²) in [5.41, 5.74) is 0. The smallest absolute Gasteiger partial charge is 0.211 e. The van der Waals surface area contributed by atoms with Crippen molar-refractivity contribution >= 4 is 10.0 Å². The van der Waals surface area contributed by atoms with Gasteiger partial charge in [-0.15, -0.1) is 0 Å². The number of sulfonamides is 1. The van der Waals surface area contributed by atoms with Gasteiger partial charge < -0.3 is 0 Å². The fraction of sp³-hybridized carbons (Fsp3) is 1.00. The minimum atomic E-state index is -3.31. The van der Waals surface area contributed by atoms with Crippen molar-refractivity contribution in [1.29, 1.82) is 0 Å². The first-order chi connectivity index (χ1) is 6.02. The Hall–Kier alpha value is -0.0900. The van der Waals surface area contributed by atoms with Gasteiger partial charge in [0.05, 0.1) is 5.25 Å². The average molecular weight is 207 g/mol. The van der Waals surface area contributed by atoms with Crippen LogP contribution in [0.2, 0.25) is 0 Å². The second kappa shape index (κ2) is 6.38. The van der Waals surface area contributed by atoms with Crippen LogP contribution in [-0.4, -0.2) is 13.7 Å². The van der Waals surface area contributed by atoms with Gasteiger partial charge in [-0.1, -0.05) is 39.5 Å². The molecule has 0 heterocycles. The quantitative estimate of drug-likeness (QED) is 0.649. The van der Waals surface area contributed by atoms with Crippen LogP contribution in [0.15, 0.2) is 0 Å². The van der Waals surface area contributed by atoms with Gasteiger partial charge in [-0.3, -0.25) is 0 Å². The molecule has 0 aromatic heterocycles. The Kier molecular flexibility index (Phi) is 6.33. The average Bonchev–Trinajstić information content (AvgIpc) is 2.01. The molecule has 80 valence electrons. The predicted octanol–water partition coefficient (Wildman–Crippen LogP) is 2.02. The first kappa shape index (κ1) is 12.9. The third-order valence-corrected chi connectivity index (χ3v) is 3.61. The molecule has 0 spiro atoms. The minimum Gasteiger partial charge on any atom is -0.228 e. The van der Waals surface area contributed by atoms with Gasteiger partial charge >= 0.3 is 0 Å². The maximum absolute atomic E-state index is 11.1. The normalized spacial score (nSPS) is 14.4. The second-order valence-corrected chi connectivity index (χ2v) is 5.34. The van der Waals surface area contributed by atoms with Crippen LogP contribution >= 0.6 is 0 Å². The zero-order chi connectivity index (χ0) is 10.3. The number of nitrogens with two attached hydrogens (primary N) is 1. The Labute approximate surface area is 81.8 Å². The third kappa shape index (κ3) is 6.05. The zero-order valence-electron chi connectivity index (χ0n) is 8.62. The van der Waals surface area contributed by atoms with E-state index in [1.54, 1.807) is 0 Å². The Bertz CT molecular complexity index is 212. The highest BCUT2D eigenvalue weighted by Crippen LogP contribution is 2.14. The van der Waals surface area contributed by atoms with Crippen LogP contribution in [0.1, 0.15) is 52.4 Å². The molecule has 0 radical (unpaired) electrons. The van der Waals surface area contributed by atoms with Crippen LogP contribution in [0.3, 0.4) is 0 Å². The van der Waals surface area contributed by atoms with E-state index in [4.69, 9.17) is 5.14 Å². The highest BCUT2D eigenvalue weighted by atomic mass is 32.2. The lowest BCUT2D eigenvalue weighted by atomic mass is 10.1. The van der Waals surface area contributed by atoms with Crippen molar-refractivity contribution in [3.05, 3.63) is 0 Å².